The monoisotopic (exact) mass is 247 g/mol. The van der Waals surface area contributed by atoms with Crippen molar-refractivity contribution in [3.63, 3.8) is 0 Å². The Kier molecular flexibility index (Phi) is 3.66. The summed E-state index contributed by atoms with van der Waals surface area (Å²) in [5, 5.41) is 0. The molecule has 0 spiro atoms. The molecule has 18 heavy (non-hydrogen) atoms. The van der Waals surface area contributed by atoms with Crippen molar-refractivity contribution in [2.24, 2.45) is 5.73 Å². The number of nitrogens with zero attached hydrogens (tertiary/aromatic N) is 2. The lowest BCUT2D eigenvalue weighted by Gasteiger charge is -2.34. The SMILES string of the molecule is CC1(C)C(N)CCN1C(=O)CCc1ccccn1. The van der Waals surface area contributed by atoms with Crippen molar-refractivity contribution < 1.29 is 4.79 Å². The number of hydrogen-bond acceptors (Lipinski definition) is 3. The average molecular weight is 247 g/mol. The van der Waals surface area contributed by atoms with Gasteiger partial charge in [0, 0.05) is 30.9 Å². The fraction of sp³-hybridized carbons (Fsp3) is 0.571. The molecule has 1 amide bonds. The van der Waals surface area contributed by atoms with Gasteiger partial charge in [0.2, 0.25) is 5.91 Å². The minimum Gasteiger partial charge on any atom is -0.336 e. The Balaban J connectivity index is 1.93. The largest absolute Gasteiger partial charge is 0.336 e. The molecule has 2 rings (SSSR count). The van der Waals surface area contributed by atoms with Crippen LogP contribution in [0.3, 0.4) is 0 Å². The zero-order valence-electron chi connectivity index (χ0n) is 11.1. The zero-order chi connectivity index (χ0) is 13.2. The highest BCUT2D eigenvalue weighted by atomic mass is 16.2. The third-order valence-corrected chi connectivity index (χ3v) is 3.89. The summed E-state index contributed by atoms with van der Waals surface area (Å²) in [4.78, 5) is 18.4. The molecule has 0 bridgehead atoms. The van der Waals surface area contributed by atoms with Crippen LogP contribution in [0.4, 0.5) is 0 Å². The number of pyridine rings is 1. The van der Waals surface area contributed by atoms with Gasteiger partial charge in [-0.3, -0.25) is 9.78 Å². The van der Waals surface area contributed by atoms with Gasteiger partial charge in [0.05, 0.1) is 5.54 Å². The maximum atomic E-state index is 12.2. The van der Waals surface area contributed by atoms with Gasteiger partial charge in [0.1, 0.15) is 0 Å². The quantitative estimate of drug-likeness (QED) is 0.877. The molecular weight excluding hydrogens is 226 g/mol. The van der Waals surface area contributed by atoms with E-state index in [2.05, 4.69) is 4.98 Å². The van der Waals surface area contributed by atoms with Crippen molar-refractivity contribution in [3.05, 3.63) is 30.1 Å². The first kappa shape index (κ1) is 13.0. The number of nitrogens with two attached hydrogens (primary N) is 1. The van der Waals surface area contributed by atoms with Crippen LogP contribution in [-0.4, -0.2) is 33.9 Å². The Hall–Kier alpha value is -1.42. The topological polar surface area (TPSA) is 59.2 Å². The van der Waals surface area contributed by atoms with Gasteiger partial charge in [-0.15, -0.1) is 0 Å². The number of amides is 1. The Morgan fingerprint density at radius 3 is 2.89 bits per heavy atom. The summed E-state index contributed by atoms with van der Waals surface area (Å²) in [5.41, 5.74) is 6.79. The molecule has 98 valence electrons. The molecule has 1 aromatic rings. The lowest BCUT2D eigenvalue weighted by Crippen LogP contribution is -2.51. The second-order valence-corrected chi connectivity index (χ2v) is 5.42. The lowest BCUT2D eigenvalue weighted by atomic mass is 9.96. The van der Waals surface area contributed by atoms with Crippen LogP contribution in [0.15, 0.2) is 24.4 Å². The summed E-state index contributed by atoms with van der Waals surface area (Å²) in [5.74, 6) is 0.179. The van der Waals surface area contributed by atoms with Crippen LogP contribution in [-0.2, 0) is 11.2 Å². The van der Waals surface area contributed by atoms with E-state index in [1.165, 1.54) is 0 Å². The van der Waals surface area contributed by atoms with Gasteiger partial charge >= 0.3 is 0 Å². The lowest BCUT2D eigenvalue weighted by molar-refractivity contribution is -0.134. The Morgan fingerprint density at radius 2 is 2.33 bits per heavy atom. The van der Waals surface area contributed by atoms with Gasteiger partial charge in [0.25, 0.3) is 0 Å². The van der Waals surface area contributed by atoms with Gasteiger partial charge in [-0.1, -0.05) is 6.07 Å². The normalized spacial score (nSPS) is 22.2. The molecule has 1 aliphatic heterocycles. The number of rotatable bonds is 3. The molecular formula is C14H21N3O. The van der Waals surface area contributed by atoms with Crippen molar-refractivity contribution in [1.29, 1.82) is 0 Å². The van der Waals surface area contributed by atoms with Crippen molar-refractivity contribution >= 4 is 5.91 Å². The first-order valence-corrected chi connectivity index (χ1v) is 6.48. The van der Waals surface area contributed by atoms with E-state index >= 15 is 0 Å². The van der Waals surface area contributed by atoms with E-state index in [4.69, 9.17) is 5.73 Å². The standard InChI is InChI=1S/C14H21N3O/c1-14(2)12(15)8-10-17(14)13(18)7-6-11-5-3-4-9-16-11/h3-5,9,12H,6-8,10,15H2,1-2H3. The Bertz CT molecular complexity index is 416. The molecule has 1 saturated heterocycles. The molecule has 1 fully saturated rings. The van der Waals surface area contributed by atoms with Crippen molar-refractivity contribution in [2.45, 2.75) is 44.7 Å². The van der Waals surface area contributed by atoms with Gasteiger partial charge in [-0.05, 0) is 38.8 Å². The van der Waals surface area contributed by atoms with E-state index in [9.17, 15) is 4.79 Å². The molecule has 0 aromatic carbocycles. The number of likely N-dealkylation sites (tertiary alicyclic amines) is 1. The van der Waals surface area contributed by atoms with Crippen LogP contribution in [0.1, 0.15) is 32.4 Å². The Morgan fingerprint density at radius 1 is 1.56 bits per heavy atom. The molecule has 0 saturated carbocycles. The molecule has 2 heterocycles. The van der Waals surface area contributed by atoms with E-state index in [1.807, 2.05) is 36.9 Å². The number of carbonyl (C=O) groups excluding carboxylic acids is 1. The molecule has 1 unspecified atom stereocenters. The molecule has 1 aliphatic rings. The van der Waals surface area contributed by atoms with Crippen LogP contribution < -0.4 is 5.73 Å². The predicted octanol–water partition coefficient (Wildman–Crippen LogP) is 1.35. The number of carbonyl (C=O) groups is 1. The third kappa shape index (κ3) is 2.53. The van der Waals surface area contributed by atoms with Gasteiger partial charge < -0.3 is 10.6 Å². The molecule has 2 N–H and O–H groups in total. The fourth-order valence-electron chi connectivity index (χ4n) is 2.47. The second-order valence-electron chi connectivity index (χ2n) is 5.42. The predicted molar refractivity (Wildman–Crippen MR) is 70.9 cm³/mol. The minimum atomic E-state index is -0.221. The number of aryl methyl sites for hydroxylation is 1. The number of hydrogen-bond donors (Lipinski definition) is 1. The van der Waals surface area contributed by atoms with E-state index in [0.29, 0.717) is 12.8 Å². The zero-order valence-corrected chi connectivity index (χ0v) is 11.1. The van der Waals surface area contributed by atoms with Crippen molar-refractivity contribution in [1.82, 2.24) is 9.88 Å². The highest BCUT2D eigenvalue weighted by molar-refractivity contribution is 5.77. The summed E-state index contributed by atoms with van der Waals surface area (Å²) < 4.78 is 0. The van der Waals surface area contributed by atoms with Gasteiger partial charge in [-0.2, -0.15) is 0 Å². The van der Waals surface area contributed by atoms with Crippen LogP contribution >= 0.6 is 0 Å². The third-order valence-electron chi connectivity index (χ3n) is 3.89. The highest BCUT2D eigenvalue weighted by Gasteiger charge is 2.41. The number of aromatic nitrogens is 1. The van der Waals surface area contributed by atoms with Crippen LogP contribution in [0, 0.1) is 0 Å². The molecule has 1 aromatic heterocycles. The van der Waals surface area contributed by atoms with Crippen LogP contribution in [0.5, 0.6) is 0 Å². The molecule has 4 nitrogen and oxygen atoms in total. The smallest absolute Gasteiger partial charge is 0.223 e. The first-order valence-electron chi connectivity index (χ1n) is 6.48. The fourth-order valence-corrected chi connectivity index (χ4v) is 2.47. The molecule has 0 radical (unpaired) electrons. The van der Waals surface area contributed by atoms with Crippen molar-refractivity contribution in [3.8, 4) is 0 Å². The second kappa shape index (κ2) is 5.06. The first-order chi connectivity index (χ1) is 8.51. The van der Waals surface area contributed by atoms with Crippen molar-refractivity contribution in [2.75, 3.05) is 6.54 Å². The summed E-state index contributed by atoms with van der Waals surface area (Å²) in [6.07, 6.45) is 3.85. The summed E-state index contributed by atoms with van der Waals surface area (Å²) in [7, 11) is 0. The van der Waals surface area contributed by atoms with E-state index in [1.54, 1.807) is 6.20 Å². The maximum absolute atomic E-state index is 12.2. The summed E-state index contributed by atoms with van der Waals surface area (Å²) in [6, 6.07) is 5.86. The van der Waals surface area contributed by atoms with E-state index in [-0.39, 0.29) is 17.5 Å². The van der Waals surface area contributed by atoms with Gasteiger partial charge in [0.15, 0.2) is 0 Å². The van der Waals surface area contributed by atoms with Gasteiger partial charge in [-0.25, -0.2) is 0 Å². The average Bonchev–Trinajstić information content (AvgIpc) is 2.63. The molecule has 0 aliphatic carbocycles. The van der Waals surface area contributed by atoms with Crippen LogP contribution in [0.2, 0.25) is 0 Å². The van der Waals surface area contributed by atoms with Crippen LogP contribution in [0.25, 0.3) is 0 Å². The highest BCUT2D eigenvalue weighted by Crippen LogP contribution is 2.28. The molecule has 1 atom stereocenters. The summed E-state index contributed by atoms with van der Waals surface area (Å²) >= 11 is 0. The summed E-state index contributed by atoms with van der Waals surface area (Å²) in [6.45, 7) is 4.86. The Labute approximate surface area is 108 Å². The maximum Gasteiger partial charge on any atom is 0.223 e. The van der Waals surface area contributed by atoms with E-state index in [0.717, 1.165) is 18.7 Å². The molecule has 4 heteroatoms. The minimum absolute atomic E-state index is 0.0799. The van der Waals surface area contributed by atoms with E-state index < -0.39 is 0 Å².